The quantitative estimate of drug-likeness (QED) is 0.912. The molecule has 100 valence electrons. The summed E-state index contributed by atoms with van der Waals surface area (Å²) in [7, 11) is 0. The van der Waals surface area contributed by atoms with Gasteiger partial charge in [-0.2, -0.15) is 5.10 Å². The third kappa shape index (κ3) is 2.84. The average Bonchev–Trinajstić information content (AvgIpc) is 2.92. The van der Waals surface area contributed by atoms with Gasteiger partial charge in [0.05, 0.1) is 6.20 Å². The molecule has 0 spiro atoms. The molecule has 0 bridgehead atoms. The maximum absolute atomic E-state index is 4.24. The number of aromatic nitrogens is 2. The van der Waals surface area contributed by atoms with Gasteiger partial charge in [-0.05, 0) is 32.9 Å². The van der Waals surface area contributed by atoms with Crippen LogP contribution in [0.5, 0.6) is 0 Å². The lowest BCUT2D eigenvalue weighted by atomic mass is 10.2. The molecule has 1 unspecified atom stereocenters. The Morgan fingerprint density at radius 2 is 2.05 bits per heavy atom. The molecule has 0 radical (unpaired) electrons. The monoisotopic (exact) mass is 256 g/mol. The zero-order chi connectivity index (χ0) is 13.1. The molecule has 0 saturated carbocycles. The van der Waals surface area contributed by atoms with Crippen LogP contribution in [0.15, 0.2) is 30.5 Å². The summed E-state index contributed by atoms with van der Waals surface area (Å²) >= 11 is 0. The van der Waals surface area contributed by atoms with Crippen molar-refractivity contribution in [2.75, 3.05) is 25.0 Å². The minimum absolute atomic E-state index is 0.387. The Hall–Kier alpha value is -1.68. The van der Waals surface area contributed by atoms with Gasteiger partial charge in [0.2, 0.25) is 0 Å². The molecule has 0 amide bonds. The molecular formula is C15H20N4. The van der Waals surface area contributed by atoms with Crippen LogP contribution in [0.3, 0.4) is 0 Å². The maximum Gasteiger partial charge on any atom is 0.156 e. The van der Waals surface area contributed by atoms with Gasteiger partial charge in [0.25, 0.3) is 0 Å². The molecule has 4 nitrogen and oxygen atoms in total. The number of rotatable bonds is 4. The summed E-state index contributed by atoms with van der Waals surface area (Å²) in [6.07, 6.45) is 4.48. The number of anilines is 1. The second kappa shape index (κ2) is 5.53. The fourth-order valence-electron chi connectivity index (χ4n) is 2.77. The summed E-state index contributed by atoms with van der Waals surface area (Å²) < 4.78 is 0. The molecule has 0 aliphatic carbocycles. The normalized spacial score (nSPS) is 17.7. The van der Waals surface area contributed by atoms with Gasteiger partial charge in [-0.15, -0.1) is 5.10 Å². The van der Waals surface area contributed by atoms with Crippen molar-refractivity contribution in [1.29, 1.82) is 0 Å². The molecule has 1 aromatic heterocycles. The van der Waals surface area contributed by atoms with Crippen LogP contribution in [-0.4, -0.2) is 40.8 Å². The van der Waals surface area contributed by atoms with E-state index in [4.69, 9.17) is 0 Å². The van der Waals surface area contributed by atoms with Gasteiger partial charge in [0, 0.05) is 23.4 Å². The number of nitrogens with one attached hydrogen (secondary N) is 1. The van der Waals surface area contributed by atoms with E-state index in [1.165, 1.54) is 25.9 Å². The van der Waals surface area contributed by atoms with Gasteiger partial charge >= 0.3 is 0 Å². The Kier molecular flexibility index (Phi) is 3.60. The number of fused-ring (bicyclic) bond motifs is 1. The number of benzene rings is 1. The van der Waals surface area contributed by atoms with Crippen molar-refractivity contribution >= 4 is 16.6 Å². The fourth-order valence-corrected chi connectivity index (χ4v) is 2.77. The molecule has 19 heavy (non-hydrogen) atoms. The zero-order valence-corrected chi connectivity index (χ0v) is 11.3. The number of nitrogens with zero attached hydrogens (tertiary/aromatic N) is 3. The molecule has 1 aliphatic heterocycles. The van der Waals surface area contributed by atoms with E-state index in [-0.39, 0.29) is 0 Å². The minimum atomic E-state index is 0.387. The maximum atomic E-state index is 4.24. The first kappa shape index (κ1) is 12.4. The Morgan fingerprint density at radius 3 is 2.89 bits per heavy atom. The molecule has 1 N–H and O–H groups in total. The number of likely N-dealkylation sites (tertiary alicyclic amines) is 1. The fraction of sp³-hybridized carbons (Fsp3) is 0.467. The Labute approximate surface area is 113 Å². The molecule has 1 aromatic carbocycles. The largest absolute Gasteiger partial charge is 0.364 e. The lowest BCUT2D eigenvalue weighted by Crippen LogP contribution is -2.33. The molecular weight excluding hydrogens is 236 g/mol. The molecule has 2 heterocycles. The minimum Gasteiger partial charge on any atom is -0.364 e. The lowest BCUT2D eigenvalue weighted by Gasteiger charge is -2.21. The SMILES string of the molecule is CC(CN1CCCC1)Nc1nncc2ccccc12. The van der Waals surface area contributed by atoms with Crippen LogP contribution in [0.25, 0.3) is 10.8 Å². The first-order valence-electron chi connectivity index (χ1n) is 7.02. The smallest absolute Gasteiger partial charge is 0.156 e. The van der Waals surface area contributed by atoms with Gasteiger partial charge < -0.3 is 10.2 Å². The molecule has 1 saturated heterocycles. The highest BCUT2D eigenvalue weighted by Gasteiger charge is 2.15. The van der Waals surface area contributed by atoms with Crippen molar-refractivity contribution in [2.24, 2.45) is 0 Å². The summed E-state index contributed by atoms with van der Waals surface area (Å²) in [6, 6.07) is 8.62. The van der Waals surface area contributed by atoms with Crippen LogP contribution in [-0.2, 0) is 0 Å². The second-order valence-corrected chi connectivity index (χ2v) is 5.33. The molecule has 2 aromatic rings. The molecule has 3 rings (SSSR count). The van der Waals surface area contributed by atoms with E-state index in [1.54, 1.807) is 0 Å². The van der Waals surface area contributed by atoms with Gasteiger partial charge in [-0.3, -0.25) is 0 Å². The van der Waals surface area contributed by atoms with E-state index in [9.17, 15) is 0 Å². The predicted molar refractivity (Wildman–Crippen MR) is 78.3 cm³/mol. The highest BCUT2D eigenvalue weighted by Crippen LogP contribution is 2.20. The van der Waals surface area contributed by atoms with E-state index in [0.717, 1.165) is 23.1 Å². The van der Waals surface area contributed by atoms with Gasteiger partial charge in [0.15, 0.2) is 5.82 Å². The van der Waals surface area contributed by atoms with E-state index in [1.807, 2.05) is 18.3 Å². The van der Waals surface area contributed by atoms with Crippen molar-refractivity contribution in [1.82, 2.24) is 15.1 Å². The van der Waals surface area contributed by atoms with Crippen molar-refractivity contribution in [3.8, 4) is 0 Å². The zero-order valence-electron chi connectivity index (χ0n) is 11.3. The van der Waals surface area contributed by atoms with Crippen molar-refractivity contribution < 1.29 is 0 Å². The first-order valence-corrected chi connectivity index (χ1v) is 7.02. The Morgan fingerprint density at radius 1 is 1.26 bits per heavy atom. The number of hydrogen-bond acceptors (Lipinski definition) is 4. The van der Waals surface area contributed by atoms with Crippen LogP contribution in [0.2, 0.25) is 0 Å². The summed E-state index contributed by atoms with van der Waals surface area (Å²) in [5.41, 5.74) is 0. The van der Waals surface area contributed by atoms with E-state index >= 15 is 0 Å². The Balaban J connectivity index is 1.73. The van der Waals surface area contributed by atoms with E-state index in [2.05, 4.69) is 39.5 Å². The van der Waals surface area contributed by atoms with Gasteiger partial charge in [0.1, 0.15) is 0 Å². The number of hydrogen-bond donors (Lipinski definition) is 1. The third-order valence-corrected chi connectivity index (χ3v) is 3.68. The first-order chi connectivity index (χ1) is 9.33. The van der Waals surface area contributed by atoms with E-state index in [0.29, 0.717) is 6.04 Å². The van der Waals surface area contributed by atoms with Crippen LogP contribution < -0.4 is 5.32 Å². The topological polar surface area (TPSA) is 41.0 Å². The van der Waals surface area contributed by atoms with Crippen LogP contribution in [0, 0.1) is 0 Å². The standard InChI is InChI=1S/C15H20N4/c1-12(11-19-8-4-5-9-19)17-15-14-7-3-2-6-13(14)10-16-18-15/h2-3,6-7,10,12H,4-5,8-9,11H2,1H3,(H,17,18). The van der Waals surface area contributed by atoms with E-state index < -0.39 is 0 Å². The van der Waals surface area contributed by atoms with Crippen LogP contribution in [0.4, 0.5) is 5.82 Å². The molecule has 1 atom stereocenters. The van der Waals surface area contributed by atoms with Crippen LogP contribution in [0.1, 0.15) is 19.8 Å². The predicted octanol–water partition coefficient (Wildman–Crippen LogP) is 2.53. The van der Waals surface area contributed by atoms with Gasteiger partial charge in [-0.1, -0.05) is 24.3 Å². The summed E-state index contributed by atoms with van der Waals surface area (Å²) in [5.74, 6) is 0.893. The Bertz CT molecular complexity index is 543. The van der Waals surface area contributed by atoms with Crippen LogP contribution >= 0.6 is 0 Å². The second-order valence-electron chi connectivity index (χ2n) is 5.33. The molecule has 4 heteroatoms. The highest BCUT2D eigenvalue weighted by molar-refractivity contribution is 5.90. The lowest BCUT2D eigenvalue weighted by molar-refractivity contribution is 0.327. The molecule has 1 aliphatic rings. The molecule has 1 fully saturated rings. The summed E-state index contributed by atoms with van der Waals surface area (Å²) in [4.78, 5) is 2.51. The summed E-state index contributed by atoms with van der Waals surface area (Å²) in [6.45, 7) is 5.74. The van der Waals surface area contributed by atoms with Crippen molar-refractivity contribution in [3.05, 3.63) is 30.5 Å². The highest BCUT2D eigenvalue weighted by atomic mass is 15.2. The summed E-state index contributed by atoms with van der Waals surface area (Å²) in [5, 5.41) is 14.1. The van der Waals surface area contributed by atoms with Crippen molar-refractivity contribution in [2.45, 2.75) is 25.8 Å². The average molecular weight is 256 g/mol. The van der Waals surface area contributed by atoms with Crippen molar-refractivity contribution in [3.63, 3.8) is 0 Å². The van der Waals surface area contributed by atoms with Gasteiger partial charge in [-0.25, -0.2) is 0 Å². The third-order valence-electron chi connectivity index (χ3n) is 3.68.